The molecule has 2 heteroatoms. The Morgan fingerprint density at radius 2 is 1.79 bits per heavy atom. The van der Waals surface area contributed by atoms with Gasteiger partial charge in [0.15, 0.2) is 0 Å². The van der Waals surface area contributed by atoms with Gasteiger partial charge in [-0.3, -0.25) is 6.08 Å². The number of rotatable bonds is 5. The molecule has 0 saturated carbocycles. The molecule has 1 atom stereocenters. The van der Waals surface area contributed by atoms with Crippen molar-refractivity contribution in [2.24, 2.45) is 0 Å². The molecule has 0 saturated heterocycles. The zero-order chi connectivity index (χ0) is 19.1. The average molecular weight is 551 g/mol. The van der Waals surface area contributed by atoms with Gasteiger partial charge in [0.1, 0.15) is 0 Å². The summed E-state index contributed by atoms with van der Waals surface area (Å²) in [6.45, 7) is 6.60. The molecule has 0 radical (unpaired) electrons. The van der Waals surface area contributed by atoms with Crippen molar-refractivity contribution in [1.82, 2.24) is 0 Å². The van der Waals surface area contributed by atoms with E-state index in [1.807, 2.05) is 0 Å². The number of fused-ring (bicyclic) bond motifs is 1. The van der Waals surface area contributed by atoms with E-state index in [9.17, 15) is 0 Å². The first kappa shape index (κ1) is 23.1. The Balaban J connectivity index is 0.000000221. The third kappa shape index (κ3) is 6.43. The summed E-state index contributed by atoms with van der Waals surface area (Å²) in [5.41, 5.74) is 4.30. The van der Waals surface area contributed by atoms with Gasteiger partial charge in [0, 0.05) is 25.8 Å². The fourth-order valence-electron chi connectivity index (χ4n) is 3.32. The van der Waals surface area contributed by atoms with Crippen molar-refractivity contribution < 1.29 is 25.8 Å². The fraction of sp³-hybridized carbons (Fsp3) is 0.269. The molecule has 0 nitrogen and oxygen atoms in total. The molecule has 0 heterocycles. The SMILES string of the molecule is CCCCC1=[C-]CC=C1C.Cc1ccccc1Pc1cc2ccccc2[cH-]1.[Hf]. The maximum atomic E-state index is 3.37. The zero-order valence-electron chi connectivity index (χ0n) is 17.2. The number of allylic oxidation sites excluding steroid dienone is 4. The van der Waals surface area contributed by atoms with Crippen LogP contribution in [-0.2, 0) is 25.8 Å². The van der Waals surface area contributed by atoms with Crippen LogP contribution in [0.4, 0.5) is 0 Å². The molecule has 3 aromatic rings. The number of hydrogen-bond donors (Lipinski definition) is 0. The maximum absolute atomic E-state index is 3.37. The van der Waals surface area contributed by atoms with Crippen molar-refractivity contribution >= 4 is 30.0 Å². The van der Waals surface area contributed by atoms with E-state index < -0.39 is 0 Å². The molecule has 4 rings (SSSR count). The number of hydrogen-bond acceptors (Lipinski definition) is 0. The predicted molar refractivity (Wildman–Crippen MR) is 123 cm³/mol. The number of benzene rings is 2. The van der Waals surface area contributed by atoms with Gasteiger partial charge in [0.25, 0.3) is 0 Å². The van der Waals surface area contributed by atoms with Gasteiger partial charge < -0.3 is 0 Å². The maximum Gasteiger partial charge on any atom is 0 e. The number of aryl methyl sites for hydroxylation is 1. The molecule has 0 N–H and O–H groups in total. The minimum absolute atomic E-state index is 0. The van der Waals surface area contributed by atoms with Crippen LogP contribution in [0.1, 0.15) is 45.1 Å². The molecule has 0 aliphatic heterocycles. The first-order valence-electron chi connectivity index (χ1n) is 9.92. The van der Waals surface area contributed by atoms with Crippen LogP contribution in [0.25, 0.3) is 10.8 Å². The molecule has 1 aliphatic rings. The first-order valence-corrected chi connectivity index (χ1v) is 10.9. The second kappa shape index (κ2) is 11.7. The van der Waals surface area contributed by atoms with Crippen molar-refractivity contribution in [2.75, 3.05) is 0 Å². The van der Waals surface area contributed by atoms with E-state index in [-0.39, 0.29) is 25.8 Å². The van der Waals surface area contributed by atoms with Crippen LogP contribution in [0.3, 0.4) is 0 Å². The van der Waals surface area contributed by atoms with Gasteiger partial charge in [-0.1, -0.05) is 65.1 Å². The smallest absolute Gasteiger partial charge is 0 e. The molecule has 0 bridgehead atoms. The van der Waals surface area contributed by atoms with Gasteiger partial charge in [-0.15, -0.1) is 53.7 Å². The largest absolute Gasteiger partial charge is 0.269 e. The van der Waals surface area contributed by atoms with E-state index in [0.717, 1.165) is 15.0 Å². The van der Waals surface area contributed by atoms with Crippen LogP contribution in [-0.4, -0.2) is 0 Å². The summed E-state index contributed by atoms with van der Waals surface area (Å²) >= 11 is 0. The van der Waals surface area contributed by atoms with Crippen LogP contribution in [0.2, 0.25) is 0 Å². The van der Waals surface area contributed by atoms with Gasteiger partial charge in [0.05, 0.1) is 0 Å². The van der Waals surface area contributed by atoms with Crippen molar-refractivity contribution in [1.29, 1.82) is 0 Å². The molecule has 28 heavy (non-hydrogen) atoms. The van der Waals surface area contributed by atoms with Crippen molar-refractivity contribution in [3.8, 4) is 0 Å². The van der Waals surface area contributed by atoms with Crippen molar-refractivity contribution in [3.63, 3.8) is 0 Å². The summed E-state index contributed by atoms with van der Waals surface area (Å²) < 4.78 is 0. The summed E-state index contributed by atoms with van der Waals surface area (Å²) in [5.74, 6) is 0. The Bertz CT molecular complexity index is 913. The Morgan fingerprint density at radius 3 is 2.46 bits per heavy atom. The third-order valence-electron chi connectivity index (χ3n) is 5.02. The normalized spacial score (nSPS) is 13.1. The van der Waals surface area contributed by atoms with Crippen molar-refractivity contribution in [2.45, 2.75) is 46.5 Å². The Labute approximate surface area is 191 Å². The van der Waals surface area contributed by atoms with Gasteiger partial charge in [-0.2, -0.15) is 12.1 Å². The van der Waals surface area contributed by atoms with Crippen LogP contribution < -0.4 is 10.6 Å². The van der Waals surface area contributed by atoms with Crippen LogP contribution in [0.15, 0.2) is 77.9 Å². The minimum atomic E-state index is 0. The molecule has 1 aliphatic carbocycles. The Hall–Kier alpha value is -1.17. The van der Waals surface area contributed by atoms with Gasteiger partial charge >= 0.3 is 0 Å². The minimum Gasteiger partial charge on any atom is -0.269 e. The van der Waals surface area contributed by atoms with E-state index in [0.29, 0.717) is 0 Å². The quantitative estimate of drug-likeness (QED) is 0.187. The topological polar surface area (TPSA) is 0 Å². The molecule has 0 spiro atoms. The van der Waals surface area contributed by atoms with Crippen molar-refractivity contribution in [3.05, 3.63) is 89.5 Å². The summed E-state index contributed by atoms with van der Waals surface area (Å²) in [6, 6.07) is 21.8. The summed E-state index contributed by atoms with van der Waals surface area (Å²) in [5, 5.41) is 5.58. The molecular formula is C26H29HfP-2. The van der Waals surface area contributed by atoms with Crippen LogP contribution >= 0.6 is 8.58 Å². The molecule has 0 fully saturated rings. The fourth-order valence-corrected chi connectivity index (χ4v) is 4.55. The summed E-state index contributed by atoms with van der Waals surface area (Å²) in [4.78, 5) is 0. The van der Waals surface area contributed by atoms with E-state index in [1.54, 1.807) is 0 Å². The molecular weight excluding hydrogens is 522 g/mol. The Morgan fingerprint density at radius 1 is 1.04 bits per heavy atom. The standard InChI is InChI=1S/C16H14P.C10H15.Hf/c1-12-6-2-5-9-16(12)17-15-10-13-7-3-4-8-14(13)11-15;1-3-4-7-10-8-5-6-9(10)2;/h2-11,17H,1H3;6H,3-5,7H2,1-2H3;/q2*-1;. The van der Waals surface area contributed by atoms with E-state index in [2.05, 4.69) is 93.6 Å². The Kier molecular flexibility index (Phi) is 9.69. The second-order valence-electron chi connectivity index (χ2n) is 7.16. The van der Waals surface area contributed by atoms with Gasteiger partial charge in [-0.05, 0) is 17.8 Å². The first-order chi connectivity index (χ1) is 13.2. The van der Waals surface area contributed by atoms with Gasteiger partial charge in [-0.25, -0.2) is 11.1 Å². The third-order valence-corrected chi connectivity index (χ3v) is 6.43. The zero-order valence-corrected chi connectivity index (χ0v) is 21.8. The van der Waals surface area contributed by atoms with E-state index in [1.165, 1.54) is 57.4 Å². The van der Waals surface area contributed by atoms with Crippen LogP contribution in [0, 0.1) is 13.0 Å². The second-order valence-corrected chi connectivity index (χ2v) is 8.53. The molecule has 3 aromatic carbocycles. The monoisotopic (exact) mass is 552 g/mol. The summed E-state index contributed by atoms with van der Waals surface area (Å²) in [7, 11) is 0.759. The molecule has 0 aromatic heterocycles. The molecule has 144 valence electrons. The van der Waals surface area contributed by atoms with E-state index in [4.69, 9.17) is 0 Å². The van der Waals surface area contributed by atoms with Gasteiger partial charge in [0.2, 0.25) is 0 Å². The van der Waals surface area contributed by atoms with Crippen LogP contribution in [0.5, 0.6) is 0 Å². The molecule has 0 amide bonds. The average Bonchev–Trinajstić information content (AvgIpc) is 3.27. The van der Waals surface area contributed by atoms with E-state index >= 15 is 0 Å². The number of unbranched alkanes of at least 4 members (excludes halogenated alkanes) is 1. The summed E-state index contributed by atoms with van der Waals surface area (Å²) in [6.07, 6.45) is 10.5. The molecule has 1 unspecified atom stereocenters. The predicted octanol–water partition coefficient (Wildman–Crippen LogP) is 6.75.